The van der Waals surface area contributed by atoms with E-state index in [4.69, 9.17) is 20.7 Å². The topological polar surface area (TPSA) is 80.7 Å². The van der Waals surface area contributed by atoms with Gasteiger partial charge in [-0.1, -0.05) is 50.6 Å². The van der Waals surface area contributed by atoms with Crippen molar-refractivity contribution in [2.75, 3.05) is 6.61 Å². The number of nitrogens with one attached hydrogen (secondary N) is 1. The van der Waals surface area contributed by atoms with Crippen molar-refractivity contribution >= 4 is 11.5 Å². The first-order valence-electron chi connectivity index (χ1n) is 12.8. The number of hydrogen-bond acceptors (Lipinski definition) is 4. The highest BCUT2D eigenvalue weighted by molar-refractivity contribution is 5.98. The maximum atomic E-state index is 13.7. The lowest BCUT2D eigenvalue weighted by Crippen LogP contribution is -2.11. The van der Waals surface area contributed by atoms with E-state index in [1.54, 1.807) is 6.92 Å². The van der Waals surface area contributed by atoms with Crippen molar-refractivity contribution in [2.24, 2.45) is 16.8 Å². The molecule has 11 heteroatoms. The summed E-state index contributed by atoms with van der Waals surface area (Å²) >= 11 is 0. The van der Waals surface area contributed by atoms with Crippen LogP contribution >= 0.6 is 0 Å². The van der Waals surface area contributed by atoms with Crippen molar-refractivity contribution in [3.05, 3.63) is 77.1 Å². The number of nitrogens with zero attached hydrogens (tertiary/aromatic N) is 1. The summed E-state index contributed by atoms with van der Waals surface area (Å²) in [4.78, 5) is 5.34. The summed E-state index contributed by atoms with van der Waals surface area (Å²) in [5.41, 5.74) is 4.12. The molecular weight excluding hydrogens is 536 g/mol. The van der Waals surface area contributed by atoms with Gasteiger partial charge in [-0.15, -0.1) is 0 Å². The fourth-order valence-corrected chi connectivity index (χ4v) is 3.36. The summed E-state index contributed by atoms with van der Waals surface area (Å²) in [7, 11) is 0. The van der Waals surface area contributed by atoms with E-state index in [9.17, 15) is 26.3 Å². The molecule has 0 aliphatic rings. The average Bonchev–Trinajstić information content (AvgIpc) is 2.87. The van der Waals surface area contributed by atoms with Gasteiger partial charge >= 0.3 is 12.4 Å². The van der Waals surface area contributed by atoms with Gasteiger partial charge in [-0.2, -0.15) is 26.3 Å². The second-order valence-electron chi connectivity index (χ2n) is 9.32. The molecule has 0 aromatic heterocycles. The maximum Gasteiger partial charge on any atom is 0.419 e. The van der Waals surface area contributed by atoms with Gasteiger partial charge in [0.1, 0.15) is 11.5 Å². The van der Waals surface area contributed by atoms with Gasteiger partial charge in [-0.05, 0) is 74.6 Å². The smallest absolute Gasteiger partial charge is 0.419 e. The number of alkyl halides is 6. The van der Waals surface area contributed by atoms with E-state index >= 15 is 0 Å². The van der Waals surface area contributed by atoms with Crippen LogP contribution in [0, 0.1) is 11.3 Å². The van der Waals surface area contributed by atoms with Gasteiger partial charge in [0.25, 0.3) is 0 Å². The summed E-state index contributed by atoms with van der Waals surface area (Å²) in [6.45, 7) is 10.9. The van der Waals surface area contributed by atoms with Gasteiger partial charge in [0.05, 0.1) is 29.3 Å². The lowest BCUT2D eigenvalue weighted by Gasteiger charge is -2.16. The van der Waals surface area contributed by atoms with Crippen LogP contribution in [-0.2, 0) is 23.6 Å². The Bertz CT molecular complexity index is 1120. The fraction of sp³-hybridized carbons (Fsp3) is 0.448. The lowest BCUT2D eigenvalue weighted by molar-refractivity contribution is -0.139. The van der Waals surface area contributed by atoms with E-state index < -0.39 is 23.5 Å². The first-order chi connectivity index (χ1) is 18.6. The molecule has 40 heavy (non-hydrogen) atoms. The normalized spacial score (nSPS) is 12.7. The van der Waals surface area contributed by atoms with Gasteiger partial charge < -0.3 is 15.3 Å². The van der Waals surface area contributed by atoms with Crippen LogP contribution < -0.4 is 10.5 Å². The van der Waals surface area contributed by atoms with Crippen LogP contribution in [0.5, 0.6) is 5.75 Å². The minimum atomic E-state index is -4.65. The first kappa shape index (κ1) is 34.5. The second kappa shape index (κ2) is 15.9. The van der Waals surface area contributed by atoms with Crippen LogP contribution in [0.4, 0.5) is 26.3 Å². The van der Waals surface area contributed by atoms with Crippen LogP contribution in [0.25, 0.3) is 0 Å². The minimum absolute atomic E-state index is 0.0326. The molecule has 0 aliphatic heterocycles. The maximum absolute atomic E-state index is 13.7. The molecule has 0 radical (unpaired) electrons. The molecule has 0 heterocycles. The van der Waals surface area contributed by atoms with Crippen molar-refractivity contribution in [3.8, 4) is 5.75 Å². The molecule has 2 aromatic rings. The number of ether oxygens (including phenoxy) is 1. The number of allylic oxidation sites excluding steroid dienone is 1. The molecule has 5 nitrogen and oxygen atoms in total. The van der Waals surface area contributed by atoms with Gasteiger partial charge in [-0.3, -0.25) is 5.41 Å². The van der Waals surface area contributed by atoms with Gasteiger partial charge in [-0.25, -0.2) is 0 Å². The Kier molecular flexibility index (Phi) is 13.8. The van der Waals surface area contributed by atoms with Crippen molar-refractivity contribution in [3.63, 3.8) is 0 Å². The third-order valence-corrected chi connectivity index (χ3v) is 5.69. The number of amidine groups is 1. The summed E-state index contributed by atoms with van der Waals surface area (Å²) in [5.74, 6) is 0.363. The lowest BCUT2D eigenvalue weighted by atomic mass is 10.0. The molecule has 0 saturated heterocycles. The number of oxime groups is 1. The Morgan fingerprint density at radius 1 is 1.00 bits per heavy atom. The summed E-state index contributed by atoms with van der Waals surface area (Å²) in [6, 6.07) is 8.30. The molecule has 3 N–H and O–H groups in total. The van der Waals surface area contributed by atoms with E-state index in [1.807, 2.05) is 6.92 Å². The molecule has 2 rings (SSSR count). The zero-order valence-electron chi connectivity index (χ0n) is 23.2. The number of aryl methyl sites for hydroxylation is 1. The molecule has 2 aromatic carbocycles. The van der Waals surface area contributed by atoms with Crippen LogP contribution in [-0.4, -0.2) is 18.2 Å². The number of nitrogens with two attached hydrogens (primary N) is 1. The molecule has 0 unspecified atom stereocenters. The molecule has 0 aliphatic carbocycles. The summed E-state index contributed by atoms with van der Waals surface area (Å²) in [5, 5.41) is 10.2. The average molecular weight is 574 g/mol. The Balaban J connectivity index is 0.00000187. The molecule has 0 amide bonds. The summed E-state index contributed by atoms with van der Waals surface area (Å²) < 4.78 is 84.4. The third-order valence-electron chi connectivity index (χ3n) is 5.69. The quantitative estimate of drug-likeness (QED) is 0.0665. The molecule has 0 saturated carbocycles. The zero-order chi connectivity index (χ0) is 30.5. The number of benzene rings is 2. The number of hydrogen-bond donors (Lipinski definition) is 2. The number of unbranched alkanes of at least 4 members (excludes halogenated alkanes) is 1. The molecular formula is C29H37F6N3O2. The van der Waals surface area contributed by atoms with E-state index in [0.717, 1.165) is 37.5 Å². The summed E-state index contributed by atoms with van der Waals surface area (Å²) in [6.07, 6.45) is -5.46. The van der Waals surface area contributed by atoms with E-state index in [1.165, 1.54) is 31.2 Å². The molecule has 0 bridgehead atoms. The SMILES string of the molecule is C=C(O/N=C(\C)c1ccc(OCCCc2ccc(C(F)(F)F)cc2)c(C(F)(F)F)c1)[C@@H](C)CCCC.CC(=N)N. The zero-order valence-corrected chi connectivity index (χ0v) is 23.2. The van der Waals surface area contributed by atoms with Gasteiger partial charge in [0.2, 0.25) is 0 Å². The molecule has 0 fully saturated rings. The first-order valence-corrected chi connectivity index (χ1v) is 12.8. The molecule has 1 atom stereocenters. The predicted molar refractivity (Wildman–Crippen MR) is 145 cm³/mol. The van der Waals surface area contributed by atoms with Gasteiger partial charge in [0, 0.05) is 5.92 Å². The van der Waals surface area contributed by atoms with Crippen molar-refractivity contribution < 1.29 is 35.9 Å². The third kappa shape index (κ3) is 12.6. The number of rotatable bonds is 12. The Hall–Kier alpha value is -3.50. The van der Waals surface area contributed by atoms with Crippen molar-refractivity contribution in [1.29, 1.82) is 5.41 Å². The van der Waals surface area contributed by atoms with Crippen molar-refractivity contribution in [1.82, 2.24) is 0 Å². The Morgan fingerprint density at radius 2 is 1.60 bits per heavy atom. The predicted octanol–water partition coefficient (Wildman–Crippen LogP) is 8.76. The van der Waals surface area contributed by atoms with Crippen LogP contribution in [0.3, 0.4) is 0 Å². The molecule has 0 spiro atoms. The minimum Gasteiger partial charge on any atom is -0.493 e. The largest absolute Gasteiger partial charge is 0.493 e. The second-order valence-corrected chi connectivity index (χ2v) is 9.32. The van der Waals surface area contributed by atoms with Gasteiger partial charge in [0.15, 0.2) is 0 Å². The van der Waals surface area contributed by atoms with Crippen LogP contribution in [0.2, 0.25) is 0 Å². The van der Waals surface area contributed by atoms with Crippen LogP contribution in [0.1, 0.15) is 75.6 Å². The standard InChI is InChI=1S/C27H31F6NO2.C2H6N2/c1-5-6-8-18(2)20(4)36-34-19(3)22-12-15-25(24(17-22)27(31,32)33)35-16-7-9-21-10-13-23(14-11-21)26(28,29)30;1-2(3)4/h10-15,17-18H,4-9,16H2,1-3H3;1H3,(H3,3,4)/b34-19+;/t18-;/m0./s1. The Labute approximate surface area is 231 Å². The van der Waals surface area contributed by atoms with E-state index in [-0.39, 0.29) is 35.4 Å². The Morgan fingerprint density at radius 3 is 2.12 bits per heavy atom. The fourth-order valence-electron chi connectivity index (χ4n) is 3.36. The number of halogens is 6. The highest BCUT2D eigenvalue weighted by Gasteiger charge is 2.35. The van der Waals surface area contributed by atoms with E-state index in [0.29, 0.717) is 24.2 Å². The van der Waals surface area contributed by atoms with Crippen molar-refractivity contribution in [2.45, 2.75) is 72.2 Å². The molecule has 222 valence electrons. The highest BCUT2D eigenvalue weighted by atomic mass is 19.4. The highest BCUT2D eigenvalue weighted by Crippen LogP contribution is 2.37. The van der Waals surface area contributed by atoms with Crippen LogP contribution in [0.15, 0.2) is 60.0 Å². The monoisotopic (exact) mass is 573 g/mol. The van der Waals surface area contributed by atoms with E-state index in [2.05, 4.69) is 18.7 Å².